The number of rotatable bonds is 6. The second kappa shape index (κ2) is 9.47. The molecule has 0 aromatic carbocycles. The molecule has 0 aromatic heterocycles. The van der Waals surface area contributed by atoms with Gasteiger partial charge in [-0.05, 0) is 16.9 Å². The first kappa shape index (κ1) is 10.5. The Bertz CT molecular complexity index is 76.8. The Balaban J connectivity index is 2.77. The molecule has 0 rings (SSSR count). The van der Waals surface area contributed by atoms with E-state index in [1.807, 2.05) is 0 Å². The Kier molecular flexibility index (Phi) is 9.92. The van der Waals surface area contributed by atoms with Crippen LogP contribution in [-0.2, 0) is 0 Å². The van der Waals surface area contributed by atoms with Crippen LogP contribution >= 0.6 is 22.6 Å². The highest BCUT2D eigenvalue weighted by atomic mass is 127. The number of hydrogen-bond donors (Lipinski definition) is 0. The van der Waals surface area contributed by atoms with Crippen molar-refractivity contribution >= 4 is 22.6 Å². The van der Waals surface area contributed by atoms with E-state index in [4.69, 9.17) is 0 Å². The van der Waals surface area contributed by atoms with Crippen LogP contribution in [0.1, 0.15) is 45.4 Å². The fourth-order valence-electron chi connectivity index (χ4n) is 0.929. The van der Waals surface area contributed by atoms with Crippen LogP contribution in [-0.4, -0.2) is 0 Å². The highest BCUT2D eigenvalue weighted by Gasteiger charge is 1.85. The fraction of sp³-hybridized carbons (Fsp3) is 0.778. The first-order valence-electron chi connectivity index (χ1n) is 4.17. The molecule has 0 aliphatic rings. The molecule has 10 heavy (non-hydrogen) atoms. The van der Waals surface area contributed by atoms with E-state index < -0.39 is 0 Å². The maximum Gasteiger partial charge on any atom is -0.0274 e. The van der Waals surface area contributed by atoms with Crippen molar-refractivity contribution in [3.8, 4) is 0 Å². The standard InChI is InChI=1S/C9H17I/c1-2-3-4-5-6-7-8-9-10/h8-9H,2-7H2,1H3/b9-8-. The average molecular weight is 252 g/mol. The van der Waals surface area contributed by atoms with Crippen LogP contribution in [0.3, 0.4) is 0 Å². The van der Waals surface area contributed by atoms with Crippen LogP contribution in [0.4, 0.5) is 0 Å². The van der Waals surface area contributed by atoms with E-state index >= 15 is 0 Å². The van der Waals surface area contributed by atoms with Crippen molar-refractivity contribution in [1.82, 2.24) is 0 Å². The number of halogens is 1. The van der Waals surface area contributed by atoms with Crippen molar-refractivity contribution in [3.63, 3.8) is 0 Å². The van der Waals surface area contributed by atoms with Crippen molar-refractivity contribution in [2.75, 3.05) is 0 Å². The van der Waals surface area contributed by atoms with Crippen LogP contribution in [0.15, 0.2) is 10.2 Å². The number of unbranched alkanes of at least 4 members (excludes halogenated alkanes) is 5. The van der Waals surface area contributed by atoms with Gasteiger partial charge in [-0.2, -0.15) is 0 Å². The van der Waals surface area contributed by atoms with Gasteiger partial charge < -0.3 is 0 Å². The van der Waals surface area contributed by atoms with Crippen molar-refractivity contribution in [3.05, 3.63) is 10.2 Å². The molecule has 0 atom stereocenters. The van der Waals surface area contributed by atoms with Crippen LogP contribution in [0.2, 0.25) is 0 Å². The molecule has 0 saturated carbocycles. The highest BCUT2D eigenvalue weighted by molar-refractivity contribution is 14.1. The van der Waals surface area contributed by atoms with E-state index in [-0.39, 0.29) is 0 Å². The van der Waals surface area contributed by atoms with E-state index in [2.05, 4.69) is 39.7 Å². The maximum absolute atomic E-state index is 2.28. The zero-order valence-corrected chi connectivity index (χ0v) is 8.93. The topological polar surface area (TPSA) is 0 Å². The molecule has 0 aliphatic carbocycles. The van der Waals surface area contributed by atoms with Gasteiger partial charge in [0.05, 0.1) is 0 Å². The summed E-state index contributed by atoms with van der Waals surface area (Å²) in [7, 11) is 0. The highest BCUT2D eigenvalue weighted by Crippen LogP contribution is 2.05. The van der Waals surface area contributed by atoms with Crippen LogP contribution in [0, 0.1) is 0 Å². The lowest BCUT2D eigenvalue weighted by molar-refractivity contribution is 0.637. The fourth-order valence-corrected chi connectivity index (χ4v) is 1.29. The molecule has 60 valence electrons. The number of hydrogen-bond acceptors (Lipinski definition) is 0. The molecule has 0 amide bonds. The summed E-state index contributed by atoms with van der Waals surface area (Å²) in [6, 6.07) is 0. The minimum atomic E-state index is 1.27. The van der Waals surface area contributed by atoms with Gasteiger partial charge in [-0.15, -0.1) is 0 Å². The predicted octanol–water partition coefficient (Wildman–Crippen LogP) is 4.30. The lowest BCUT2D eigenvalue weighted by Crippen LogP contribution is -1.75. The molecule has 0 unspecified atom stereocenters. The zero-order valence-electron chi connectivity index (χ0n) is 6.78. The Hall–Kier alpha value is 0.470. The van der Waals surface area contributed by atoms with E-state index in [1.54, 1.807) is 0 Å². The lowest BCUT2D eigenvalue weighted by Gasteiger charge is -1.94. The van der Waals surface area contributed by atoms with Gasteiger partial charge >= 0.3 is 0 Å². The molecule has 0 aromatic rings. The Morgan fingerprint density at radius 1 is 1.10 bits per heavy atom. The predicted molar refractivity (Wildman–Crippen MR) is 56.5 cm³/mol. The van der Waals surface area contributed by atoms with E-state index in [0.29, 0.717) is 0 Å². The molecule has 0 fully saturated rings. The molecule has 0 nitrogen and oxygen atoms in total. The van der Waals surface area contributed by atoms with E-state index in [0.717, 1.165) is 0 Å². The monoisotopic (exact) mass is 252 g/mol. The molecular formula is C9H17I. The Labute approximate surface area is 78.2 Å². The molecule has 0 bridgehead atoms. The number of allylic oxidation sites excluding steroid dienone is 1. The summed E-state index contributed by atoms with van der Waals surface area (Å²) in [6.45, 7) is 2.25. The minimum absolute atomic E-state index is 1.27. The maximum atomic E-state index is 2.28. The first-order valence-corrected chi connectivity index (χ1v) is 5.41. The smallest absolute Gasteiger partial charge is 0.0274 e. The minimum Gasteiger partial charge on any atom is -0.0785 e. The summed E-state index contributed by atoms with van der Waals surface area (Å²) in [6.07, 6.45) is 10.5. The molecule has 0 aliphatic heterocycles. The molecular weight excluding hydrogens is 235 g/mol. The summed E-state index contributed by atoms with van der Waals surface area (Å²) in [5.74, 6) is 0. The van der Waals surface area contributed by atoms with Crippen molar-refractivity contribution in [1.29, 1.82) is 0 Å². The van der Waals surface area contributed by atoms with Crippen molar-refractivity contribution in [2.24, 2.45) is 0 Å². The zero-order chi connectivity index (χ0) is 7.66. The third-order valence-electron chi connectivity index (χ3n) is 1.56. The van der Waals surface area contributed by atoms with Crippen LogP contribution < -0.4 is 0 Å². The quantitative estimate of drug-likeness (QED) is 0.488. The van der Waals surface area contributed by atoms with E-state index in [9.17, 15) is 0 Å². The average Bonchev–Trinajstić information content (AvgIpc) is 1.97. The summed E-state index contributed by atoms with van der Waals surface area (Å²) in [4.78, 5) is 0. The van der Waals surface area contributed by atoms with Crippen molar-refractivity contribution < 1.29 is 0 Å². The lowest BCUT2D eigenvalue weighted by atomic mass is 10.1. The first-order chi connectivity index (χ1) is 4.91. The van der Waals surface area contributed by atoms with Gasteiger partial charge in [0.2, 0.25) is 0 Å². The van der Waals surface area contributed by atoms with E-state index in [1.165, 1.54) is 38.5 Å². The normalized spacial score (nSPS) is 11.0. The second-order valence-corrected chi connectivity index (χ2v) is 3.28. The van der Waals surface area contributed by atoms with Gasteiger partial charge in [0, 0.05) is 0 Å². The molecule has 0 saturated heterocycles. The van der Waals surface area contributed by atoms with Gasteiger partial charge in [0.1, 0.15) is 0 Å². The van der Waals surface area contributed by atoms with Gasteiger partial charge in [-0.1, -0.05) is 61.3 Å². The van der Waals surface area contributed by atoms with Gasteiger partial charge in [-0.3, -0.25) is 0 Å². The Morgan fingerprint density at radius 2 is 1.80 bits per heavy atom. The molecule has 0 spiro atoms. The van der Waals surface area contributed by atoms with Gasteiger partial charge in [0.15, 0.2) is 0 Å². The molecule has 0 N–H and O–H groups in total. The third-order valence-corrected chi connectivity index (χ3v) is 2.07. The third kappa shape index (κ3) is 8.47. The SMILES string of the molecule is CCCCCCC/C=C\I. The summed E-state index contributed by atoms with van der Waals surface area (Å²) in [5.41, 5.74) is 0. The Morgan fingerprint density at radius 3 is 2.40 bits per heavy atom. The summed E-state index contributed by atoms with van der Waals surface area (Å²) < 4.78 is 2.11. The second-order valence-electron chi connectivity index (χ2n) is 2.56. The van der Waals surface area contributed by atoms with Crippen molar-refractivity contribution in [2.45, 2.75) is 45.4 Å². The largest absolute Gasteiger partial charge is 0.0785 e. The van der Waals surface area contributed by atoms with Gasteiger partial charge in [-0.25, -0.2) is 0 Å². The molecule has 0 heterocycles. The van der Waals surface area contributed by atoms with Crippen LogP contribution in [0.5, 0.6) is 0 Å². The van der Waals surface area contributed by atoms with Gasteiger partial charge in [0.25, 0.3) is 0 Å². The molecule has 1 heteroatoms. The molecule has 0 radical (unpaired) electrons. The van der Waals surface area contributed by atoms with Crippen LogP contribution in [0.25, 0.3) is 0 Å². The summed E-state index contributed by atoms with van der Waals surface area (Å²) in [5, 5.41) is 0. The summed E-state index contributed by atoms with van der Waals surface area (Å²) >= 11 is 2.28.